The molecule has 21 heavy (non-hydrogen) atoms. The van der Waals surface area contributed by atoms with Gasteiger partial charge in [0.2, 0.25) is 0 Å². The monoisotopic (exact) mass is 309 g/mol. The van der Waals surface area contributed by atoms with Crippen molar-refractivity contribution in [2.24, 2.45) is 5.14 Å². The first kappa shape index (κ1) is 17.5. The van der Waals surface area contributed by atoms with Crippen molar-refractivity contribution in [1.82, 2.24) is 0 Å². The van der Waals surface area contributed by atoms with Crippen molar-refractivity contribution in [3.63, 3.8) is 0 Å². The topological polar surface area (TPSA) is 53.7 Å². The molecule has 0 aliphatic carbocycles. The molecular formula is C16H23NO3S. The van der Waals surface area contributed by atoms with Crippen LogP contribution in [0.25, 0.3) is 4.91 Å². The summed E-state index contributed by atoms with van der Waals surface area (Å²) in [4.78, 5) is 0.930. The van der Waals surface area contributed by atoms with E-state index in [1.54, 1.807) is 27.4 Å². The molecule has 1 rings (SSSR count). The third-order valence-electron chi connectivity index (χ3n) is 3.42. The highest BCUT2D eigenvalue weighted by Gasteiger charge is 2.18. The van der Waals surface area contributed by atoms with Gasteiger partial charge in [-0.2, -0.15) is 0 Å². The lowest BCUT2D eigenvalue weighted by Crippen LogP contribution is -1.99. The number of allylic oxidation sites excluding steroid dienone is 3. The van der Waals surface area contributed by atoms with E-state index < -0.39 is 0 Å². The summed E-state index contributed by atoms with van der Waals surface area (Å²) in [7, 11) is 4.84. The maximum Gasteiger partial charge on any atom is 0.169 e. The molecule has 0 radical (unpaired) electrons. The third kappa shape index (κ3) is 3.74. The van der Waals surface area contributed by atoms with Crippen LogP contribution in [0.2, 0.25) is 0 Å². The molecule has 2 N–H and O–H groups in total. The van der Waals surface area contributed by atoms with Crippen LogP contribution in [0.4, 0.5) is 0 Å². The Labute approximate surface area is 131 Å². The second-order valence-electron chi connectivity index (χ2n) is 4.45. The van der Waals surface area contributed by atoms with Crippen molar-refractivity contribution < 1.29 is 14.2 Å². The SMILES string of the molecule is C/C=C(C)/C(C)=C(/SN)c1cc(OC)cc(OC)c1OC. The van der Waals surface area contributed by atoms with Crippen molar-refractivity contribution >= 4 is 16.9 Å². The number of rotatable bonds is 6. The van der Waals surface area contributed by atoms with Crippen LogP contribution in [0.1, 0.15) is 26.3 Å². The molecule has 0 saturated carbocycles. The van der Waals surface area contributed by atoms with Gasteiger partial charge in [0.1, 0.15) is 5.75 Å². The summed E-state index contributed by atoms with van der Waals surface area (Å²) < 4.78 is 16.2. The van der Waals surface area contributed by atoms with Gasteiger partial charge >= 0.3 is 0 Å². The van der Waals surface area contributed by atoms with Crippen LogP contribution in [0.5, 0.6) is 17.2 Å². The van der Waals surface area contributed by atoms with Crippen molar-refractivity contribution in [2.45, 2.75) is 20.8 Å². The fourth-order valence-electron chi connectivity index (χ4n) is 1.98. The lowest BCUT2D eigenvalue weighted by atomic mass is 10.0. The molecule has 0 aliphatic rings. The summed E-state index contributed by atoms with van der Waals surface area (Å²) in [6.45, 7) is 6.09. The summed E-state index contributed by atoms with van der Waals surface area (Å²) in [6.07, 6.45) is 2.05. The minimum absolute atomic E-state index is 0.615. The molecule has 1 aromatic rings. The summed E-state index contributed by atoms with van der Waals surface area (Å²) in [6, 6.07) is 3.70. The van der Waals surface area contributed by atoms with Crippen LogP contribution >= 0.6 is 11.9 Å². The van der Waals surface area contributed by atoms with Crippen LogP contribution < -0.4 is 19.3 Å². The largest absolute Gasteiger partial charge is 0.497 e. The quantitative estimate of drug-likeness (QED) is 0.635. The Balaban J connectivity index is 3.66. The molecule has 0 spiro atoms. The molecule has 4 nitrogen and oxygen atoms in total. The van der Waals surface area contributed by atoms with E-state index in [0.717, 1.165) is 21.6 Å². The smallest absolute Gasteiger partial charge is 0.169 e. The molecular weight excluding hydrogens is 286 g/mol. The maximum atomic E-state index is 5.90. The molecule has 0 fully saturated rings. The molecule has 116 valence electrons. The molecule has 5 heteroatoms. The first-order valence-electron chi connectivity index (χ1n) is 6.55. The van der Waals surface area contributed by atoms with Gasteiger partial charge in [-0.25, -0.2) is 0 Å². The van der Waals surface area contributed by atoms with Gasteiger partial charge in [0.25, 0.3) is 0 Å². The van der Waals surface area contributed by atoms with E-state index in [2.05, 4.69) is 13.0 Å². The normalized spacial score (nSPS) is 12.8. The molecule has 0 bridgehead atoms. The van der Waals surface area contributed by atoms with Crippen LogP contribution in [-0.2, 0) is 0 Å². The van der Waals surface area contributed by atoms with Crippen molar-refractivity contribution in [1.29, 1.82) is 0 Å². The Hall–Kier alpha value is -1.59. The first-order chi connectivity index (χ1) is 10.0. The first-order valence-corrected chi connectivity index (χ1v) is 7.43. The highest BCUT2D eigenvalue weighted by molar-refractivity contribution is 8.06. The van der Waals surface area contributed by atoms with Crippen molar-refractivity contribution in [3.8, 4) is 17.2 Å². The van der Waals surface area contributed by atoms with E-state index in [4.69, 9.17) is 19.3 Å². The van der Waals surface area contributed by atoms with Crippen LogP contribution in [0, 0.1) is 0 Å². The number of ether oxygens (including phenoxy) is 3. The van der Waals surface area contributed by atoms with Crippen molar-refractivity contribution in [2.75, 3.05) is 21.3 Å². The van der Waals surface area contributed by atoms with Gasteiger partial charge in [-0.05, 0) is 44.4 Å². The number of nitrogens with two attached hydrogens (primary N) is 1. The van der Waals surface area contributed by atoms with Gasteiger partial charge in [-0.1, -0.05) is 11.6 Å². The van der Waals surface area contributed by atoms with E-state index in [0.29, 0.717) is 17.2 Å². The van der Waals surface area contributed by atoms with E-state index >= 15 is 0 Å². The number of methoxy groups -OCH3 is 3. The summed E-state index contributed by atoms with van der Waals surface area (Å²) in [5, 5.41) is 5.90. The summed E-state index contributed by atoms with van der Waals surface area (Å²) in [5.74, 6) is 1.96. The Morgan fingerprint density at radius 1 is 1.10 bits per heavy atom. The molecule has 0 amide bonds. The van der Waals surface area contributed by atoms with E-state index in [1.165, 1.54) is 11.9 Å². The zero-order valence-corrected chi connectivity index (χ0v) is 14.3. The van der Waals surface area contributed by atoms with E-state index in [9.17, 15) is 0 Å². The number of hydrogen-bond acceptors (Lipinski definition) is 5. The van der Waals surface area contributed by atoms with E-state index in [-0.39, 0.29) is 0 Å². The fraction of sp³-hybridized carbons (Fsp3) is 0.375. The average molecular weight is 309 g/mol. The minimum atomic E-state index is 0.615. The molecule has 1 aromatic carbocycles. The highest BCUT2D eigenvalue weighted by atomic mass is 32.2. The predicted octanol–water partition coefficient (Wildman–Crippen LogP) is 4.02. The lowest BCUT2D eigenvalue weighted by Gasteiger charge is -2.17. The Morgan fingerprint density at radius 2 is 1.76 bits per heavy atom. The van der Waals surface area contributed by atoms with Crippen LogP contribution in [0.15, 0.2) is 29.4 Å². The van der Waals surface area contributed by atoms with Gasteiger partial charge in [-0.3, -0.25) is 5.14 Å². The Kier molecular flexibility index (Phi) is 6.65. The fourth-order valence-corrected chi connectivity index (χ4v) is 2.59. The van der Waals surface area contributed by atoms with Crippen molar-refractivity contribution in [3.05, 3.63) is 34.9 Å². The highest BCUT2D eigenvalue weighted by Crippen LogP contribution is 2.43. The van der Waals surface area contributed by atoms with Gasteiger partial charge < -0.3 is 14.2 Å². The maximum absolute atomic E-state index is 5.90. The van der Waals surface area contributed by atoms with Crippen LogP contribution in [0.3, 0.4) is 0 Å². The zero-order valence-electron chi connectivity index (χ0n) is 13.4. The number of hydrogen-bond donors (Lipinski definition) is 1. The Bertz CT molecular complexity index is 565. The molecule has 0 heterocycles. The van der Waals surface area contributed by atoms with Gasteiger partial charge in [0, 0.05) is 16.5 Å². The second kappa shape index (κ2) is 8.00. The molecule has 0 saturated heterocycles. The van der Waals surface area contributed by atoms with Gasteiger partial charge in [-0.15, -0.1) is 0 Å². The molecule has 0 unspecified atom stereocenters. The summed E-state index contributed by atoms with van der Waals surface area (Å²) in [5.41, 5.74) is 3.12. The van der Waals surface area contributed by atoms with Gasteiger partial charge in [0.05, 0.1) is 21.3 Å². The Morgan fingerprint density at radius 3 is 2.19 bits per heavy atom. The molecule has 0 atom stereocenters. The van der Waals surface area contributed by atoms with E-state index in [1.807, 2.05) is 19.9 Å². The average Bonchev–Trinajstić information content (AvgIpc) is 2.53. The van der Waals surface area contributed by atoms with Crippen LogP contribution in [-0.4, -0.2) is 21.3 Å². The zero-order chi connectivity index (χ0) is 16.0. The summed E-state index contributed by atoms with van der Waals surface area (Å²) >= 11 is 1.19. The third-order valence-corrected chi connectivity index (χ3v) is 4.18. The number of benzene rings is 1. The molecule has 0 aromatic heterocycles. The molecule has 0 aliphatic heterocycles. The lowest BCUT2D eigenvalue weighted by molar-refractivity contribution is 0.348. The standard InChI is InChI=1S/C16H23NO3S/c1-7-10(2)11(3)16(21-17)13-8-12(18-4)9-14(19-5)15(13)20-6/h7-9H,17H2,1-6H3/b10-7+,16-11+. The second-order valence-corrected chi connectivity index (χ2v) is 5.10. The minimum Gasteiger partial charge on any atom is -0.497 e. The predicted molar refractivity (Wildman–Crippen MR) is 89.9 cm³/mol. The van der Waals surface area contributed by atoms with Gasteiger partial charge in [0.15, 0.2) is 11.5 Å².